The van der Waals surface area contributed by atoms with Crippen molar-refractivity contribution in [1.29, 1.82) is 0 Å². The average molecular weight is 277 g/mol. The second-order valence-corrected chi connectivity index (χ2v) is 5.25. The van der Waals surface area contributed by atoms with Crippen LogP contribution in [0.5, 0.6) is 0 Å². The van der Waals surface area contributed by atoms with Crippen LogP contribution in [-0.2, 0) is 4.74 Å². The molecular formula is C15H23N3O2. The van der Waals surface area contributed by atoms with Crippen LogP contribution < -0.4 is 10.6 Å². The lowest BCUT2D eigenvalue weighted by molar-refractivity contribution is 0.0594. The molecule has 0 bridgehead atoms. The molecule has 1 aliphatic carbocycles. The molecule has 1 aliphatic rings. The van der Waals surface area contributed by atoms with Gasteiger partial charge in [0.1, 0.15) is 5.69 Å². The van der Waals surface area contributed by atoms with Gasteiger partial charge in [-0.3, -0.25) is 0 Å². The third kappa shape index (κ3) is 3.28. The van der Waals surface area contributed by atoms with E-state index in [2.05, 4.69) is 16.8 Å². The van der Waals surface area contributed by atoms with Gasteiger partial charge in [0.2, 0.25) is 0 Å². The van der Waals surface area contributed by atoms with Crippen LogP contribution >= 0.6 is 0 Å². The van der Waals surface area contributed by atoms with Crippen molar-refractivity contribution < 1.29 is 9.53 Å². The molecule has 1 saturated carbocycles. The van der Waals surface area contributed by atoms with E-state index in [1.807, 2.05) is 12.1 Å². The summed E-state index contributed by atoms with van der Waals surface area (Å²) in [7, 11) is 1.37. The number of anilines is 1. The number of aromatic nitrogens is 1. The van der Waals surface area contributed by atoms with E-state index >= 15 is 0 Å². The predicted octanol–water partition coefficient (Wildman–Crippen LogP) is 1.96. The van der Waals surface area contributed by atoms with Gasteiger partial charge in [-0.2, -0.15) is 0 Å². The maximum absolute atomic E-state index is 11.6. The topological polar surface area (TPSA) is 68.5 Å². The Balaban J connectivity index is 2.17. The summed E-state index contributed by atoms with van der Waals surface area (Å²) in [6, 6.07) is 4.59. The van der Waals surface area contributed by atoms with Crippen molar-refractivity contribution >= 4 is 11.7 Å². The largest absolute Gasteiger partial charge is 0.464 e. The van der Waals surface area contributed by atoms with Gasteiger partial charge in [-0.25, -0.2) is 9.78 Å². The van der Waals surface area contributed by atoms with Crippen molar-refractivity contribution in [3.05, 3.63) is 24.0 Å². The van der Waals surface area contributed by atoms with E-state index in [4.69, 9.17) is 10.5 Å². The van der Waals surface area contributed by atoms with E-state index in [-0.39, 0.29) is 0 Å². The van der Waals surface area contributed by atoms with E-state index in [1.54, 1.807) is 6.20 Å². The first-order valence-electron chi connectivity index (χ1n) is 7.22. The molecule has 1 heterocycles. The second-order valence-electron chi connectivity index (χ2n) is 5.25. The van der Waals surface area contributed by atoms with Crippen molar-refractivity contribution in [2.45, 2.75) is 44.7 Å². The number of methoxy groups -OCH3 is 1. The second kappa shape index (κ2) is 6.70. The molecule has 2 rings (SSSR count). The minimum absolute atomic E-state index is 0.341. The fraction of sp³-hybridized carbons (Fsp3) is 0.600. The van der Waals surface area contributed by atoms with Gasteiger partial charge in [-0.1, -0.05) is 0 Å². The summed E-state index contributed by atoms with van der Waals surface area (Å²) in [4.78, 5) is 18.0. The molecule has 1 fully saturated rings. The van der Waals surface area contributed by atoms with E-state index in [9.17, 15) is 4.79 Å². The first kappa shape index (κ1) is 14.8. The summed E-state index contributed by atoms with van der Waals surface area (Å²) < 4.78 is 4.73. The van der Waals surface area contributed by atoms with Crippen LogP contribution in [0.2, 0.25) is 0 Å². The number of nitrogens with zero attached hydrogens (tertiary/aromatic N) is 2. The van der Waals surface area contributed by atoms with E-state index in [1.165, 1.54) is 7.11 Å². The normalized spacial score (nSPS) is 22.4. The maximum Gasteiger partial charge on any atom is 0.356 e. The molecule has 0 atom stereocenters. The molecule has 2 N–H and O–H groups in total. The van der Waals surface area contributed by atoms with Crippen LogP contribution in [-0.4, -0.2) is 36.7 Å². The molecular weight excluding hydrogens is 254 g/mol. The Bertz CT molecular complexity index is 456. The lowest BCUT2D eigenvalue weighted by atomic mass is 9.90. The first-order valence-corrected chi connectivity index (χ1v) is 7.22. The van der Waals surface area contributed by atoms with Crippen LogP contribution in [0.25, 0.3) is 0 Å². The summed E-state index contributed by atoms with van der Waals surface area (Å²) in [5.74, 6) is -0.395. The number of carbonyl (C=O) groups excluding carboxylic acids is 1. The lowest BCUT2D eigenvalue weighted by Gasteiger charge is -2.37. The molecule has 0 radical (unpaired) electrons. The standard InChI is InChI=1S/C15H23N3O2/c1-3-18(12-6-4-11(16)5-7-12)13-8-9-17-14(10-13)15(19)20-2/h8-12H,3-7,16H2,1-2H3. The minimum Gasteiger partial charge on any atom is -0.464 e. The third-order valence-corrected chi connectivity index (χ3v) is 3.99. The molecule has 5 heteroatoms. The van der Waals surface area contributed by atoms with Gasteiger partial charge in [0, 0.05) is 30.5 Å². The highest BCUT2D eigenvalue weighted by molar-refractivity contribution is 5.88. The zero-order chi connectivity index (χ0) is 14.5. The fourth-order valence-corrected chi connectivity index (χ4v) is 2.88. The summed E-state index contributed by atoms with van der Waals surface area (Å²) in [6.07, 6.45) is 6.00. The van der Waals surface area contributed by atoms with Gasteiger partial charge < -0.3 is 15.4 Å². The number of ether oxygens (including phenoxy) is 1. The number of pyridine rings is 1. The number of esters is 1. The molecule has 1 aromatic heterocycles. The van der Waals surface area contributed by atoms with Crippen LogP contribution in [0.4, 0.5) is 5.69 Å². The Morgan fingerprint density at radius 3 is 2.75 bits per heavy atom. The molecule has 5 nitrogen and oxygen atoms in total. The highest BCUT2D eigenvalue weighted by Crippen LogP contribution is 2.27. The van der Waals surface area contributed by atoms with Crippen LogP contribution in [0, 0.1) is 0 Å². The van der Waals surface area contributed by atoms with Crippen molar-refractivity contribution in [1.82, 2.24) is 4.98 Å². The Kier molecular flexibility index (Phi) is 4.95. The zero-order valence-electron chi connectivity index (χ0n) is 12.2. The summed E-state index contributed by atoms with van der Waals surface area (Å²) in [5, 5.41) is 0. The van der Waals surface area contributed by atoms with Crippen molar-refractivity contribution in [2.24, 2.45) is 5.73 Å². The third-order valence-electron chi connectivity index (χ3n) is 3.99. The van der Waals surface area contributed by atoms with Crippen LogP contribution in [0.3, 0.4) is 0 Å². The Morgan fingerprint density at radius 1 is 1.45 bits per heavy atom. The van der Waals surface area contributed by atoms with Crippen LogP contribution in [0.1, 0.15) is 43.1 Å². The van der Waals surface area contributed by atoms with E-state index < -0.39 is 5.97 Å². The number of carbonyl (C=O) groups is 1. The minimum atomic E-state index is -0.395. The number of rotatable bonds is 4. The monoisotopic (exact) mass is 277 g/mol. The molecule has 0 aliphatic heterocycles. The van der Waals surface area contributed by atoms with Gasteiger partial charge in [-0.15, -0.1) is 0 Å². The molecule has 1 aromatic rings. The van der Waals surface area contributed by atoms with Gasteiger partial charge in [0.05, 0.1) is 7.11 Å². The Labute approximate surface area is 120 Å². The highest BCUT2D eigenvalue weighted by Gasteiger charge is 2.24. The zero-order valence-corrected chi connectivity index (χ0v) is 12.2. The molecule has 110 valence electrons. The molecule has 0 unspecified atom stereocenters. The van der Waals surface area contributed by atoms with Crippen molar-refractivity contribution in [3.8, 4) is 0 Å². The molecule has 0 aromatic carbocycles. The number of hydrogen-bond acceptors (Lipinski definition) is 5. The number of hydrogen-bond donors (Lipinski definition) is 1. The summed E-state index contributed by atoms with van der Waals surface area (Å²) in [5.41, 5.74) is 7.36. The fourth-order valence-electron chi connectivity index (χ4n) is 2.88. The van der Waals surface area contributed by atoms with E-state index in [0.29, 0.717) is 17.8 Å². The highest BCUT2D eigenvalue weighted by atomic mass is 16.5. The van der Waals surface area contributed by atoms with E-state index in [0.717, 1.165) is 37.9 Å². The van der Waals surface area contributed by atoms with Gasteiger partial charge in [-0.05, 0) is 44.7 Å². The Morgan fingerprint density at radius 2 is 2.15 bits per heavy atom. The smallest absolute Gasteiger partial charge is 0.356 e. The van der Waals surface area contributed by atoms with Crippen LogP contribution in [0.15, 0.2) is 18.3 Å². The van der Waals surface area contributed by atoms with Crippen molar-refractivity contribution in [2.75, 3.05) is 18.6 Å². The first-order chi connectivity index (χ1) is 9.65. The van der Waals surface area contributed by atoms with Crippen molar-refractivity contribution in [3.63, 3.8) is 0 Å². The van der Waals surface area contributed by atoms with Gasteiger partial charge >= 0.3 is 5.97 Å². The SMILES string of the molecule is CCN(c1ccnc(C(=O)OC)c1)C1CCC(N)CC1. The van der Waals surface area contributed by atoms with Gasteiger partial charge in [0.25, 0.3) is 0 Å². The molecule has 0 spiro atoms. The molecule has 0 saturated heterocycles. The molecule has 20 heavy (non-hydrogen) atoms. The maximum atomic E-state index is 11.6. The summed E-state index contributed by atoms with van der Waals surface area (Å²) in [6.45, 7) is 3.04. The Hall–Kier alpha value is -1.62. The molecule has 0 amide bonds. The number of nitrogens with two attached hydrogens (primary N) is 1. The summed E-state index contributed by atoms with van der Waals surface area (Å²) >= 11 is 0. The predicted molar refractivity (Wildman–Crippen MR) is 78.8 cm³/mol. The lowest BCUT2D eigenvalue weighted by Crippen LogP contribution is -2.41. The van der Waals surface area contributed by atoms with Gasteiger partial charge in [0.15, 0.2) is 0 Å². The average Bonchev–Trinajstić information content (AvgIpc) is 2.49. The quantitative estimate of drug-likeness (QED) is 0.852.